The third-order valence-electron chi connectivity index (χ3n) is 3.53. The fourth-order valence-electron chi connectivity index (χ4n) is 2.27. The number of aryl methyl sites for hydroxylation is 1. The zero-order valence-corrected chi connectivity index (χ0v) is 14.2. The maximum atomic E-state index is 12.2. The van der Waals surface area contributed by atoms with E-state index in [4.69, 9.17) is 4.74 Å². The summed E-state index contributed by atoms with van der Waals surface area (Å²) in [5.41, 5.74) is 1.54. The Labute approximate surface area is 142 Å². The average molecular weight is 343 g/mol. The summed E-state index contributed by atoms with van der Waals surface area (Å²) in [7, 11) is 1.65. The highest BCUT2D eigenvalue weighted by Gasteiger charge is 2.13. The van der Waals surface area contributed by atoms with E-state index < -0.39 is 0 Å². The van der Waals surface area contributed by atoms with Crippen LogP contribution >= 0.6 is 11.3 Å². The molecule has 3 rings (SSSR count). The second-order valence-corrected chi connectivity index (χ2v) is 6.42. The van der Waals surface area contributed by atoms with Crippen molar-refractivity contribution in [1.82, 2.24) is 14.9 Å². The third kappa shape index (κ3) is 3.62. The van der Waals surface area contributed by atoms with Gasteiger partial charge in [0.2, 0.25) is 0 Å². The predicted molar refractivity (Wildman–Crippen MR) is 93.4 cm³/mol. The van der Waals surface area contributed by atoms with Crippen molar-refractivity contribution in [3.8, 4) is 5.75 Å². The van der Waals surface area contributed by atoms with Crippen molar-refractivity contribution in [2.45, 2.75) is 13.5 Å². The van der Waals surface area contributed by atoms with Gasteiger partial charge >= 0.3 is 0 Å². The van der Waals surface area contributed by atoms with E-state index in [2.05, 4.69) is 9.97 Å². The molecule has 1 N–H and O–H groups in total. The molecule has 0 aliphatic carbocycles. The molecule has 1 aromatic carbocycles. The number of amides is 1. The monoisotopic (exact) mass is 343 g/mol. The number of hydrogen-bond donors (Lipinski definition) is 1. The van der Waals surface area contributed by atoms with Crippen molar-refractivity contribution < 1.29 is 9.53 Å². The summed E-state index contributed by atoms with van der Waals surface area (Å²) in [5, 5.41) is 1.82. The molecule has 0 atom stereocenters. The van der Waals surface area contributed by atoms with Crippen LogP contribution in [0.5, 0.6) is 5.75 Å². The van der Waals surface area contributed by atoms with Gasteiger partial charge in [0.1, 0.15) is 16.3 Å². The number of aromatic amines is 1. The highest BCUT2D eigenvalue weighted by Crippen LogP contribution is 2.14. The number of carbonyl (C=O) groups excluding carboxylic acids is 1. The Balaban J connectivity index is 1.63. The number of nitrogens with zero attached hydrogens (tertiary/aromatic N) is 2. The van der Waals surface area contributed by atoms with Crippen LogP contribution in [0.4, 0.5) is 0 Å². The molecule has 0 bridgehead atoms. The van der Waals surface area contributed by atoms with E-state index in [1.807, 2.05) is 36.6 Å². The molecule has 0 aliphatic rings. The molecule has 0 spiro atoms. The van der Waals surface area contributed by atoms with Crippen LogP contribution < -0.4 is 10.3 Å². The van der Waals surface area contributed by atoms with Crippen LogP contribution in [0.15, 0.2) is 40.5 Å². The van der Waals surface area contributed by atoms with Crippen LogP contribution in [0.3, 0.4) is 0 Å². The van der Waals surface area contributed by atoms with E-state index >= 15 is 0 Å². The van der Waals surface area contributed by atoms with Gasteiger partial charge in [0.15, 0.2) is 6.61 Å². The van der Waals surface area contributed by atoms with Gasteiger partial charge < -0.3 is 14.6 Å². The third-order valence-corrected chi connectivity index (χ3v) is 4.43. The first-order valence-corrected chi connectivity index (χ1v) is 8.31. The quantitative estimate of drug-likeness (QED) is 0.771. The SMILES string of the molecule is Cc1cccc(OCC(=O)N(C)Cc2nc3ccsc3c(=O)[nH]2)c1. The predicted octanol–water partition coefficient (Wildman–Crippen LogP) is 2.33. The Morgan fingerprint density at radius 2 is 2.21 bits per heavy atom. The van der Waals surface area contributed by atoms with E-state index in [1.54, 1.807) is 13.1 Å². The Hall–Kier alpha value is -2.67. The lowest BCUT2D eigenvalue weighted by atomic mass is 10.2. The molecule has 0 radical (unpaired) electrons. The molecule has 1 amide bonds. The summed E-state index contributed by atoms with van der Waals surface area (Å²) < 4.78 is 6.10. The summed E-state index contributed by atoms with van der Waals surface area (Å²) in [6.07, 6.45) is 0. The van der Waals surface area contributed by atoms with Gasteiger partial charge in [-0.05, 0) is 36.1 Å². The summed E-state index contributed by atoms with van der Waals surface area (Å²) in [4.78, 5) is 32.7. The lowest BCUT2D eigenvalue weighted by Gasteiger charge is -2.17. The fraction of sp³-hybridized carbons (Fsp3) is 0.235. The summed E-state index contributed by atoms with van der Waals surface area (Å²) in [6, 6.07) is 9.31. The minimum Gasteiger partial charge on any atom is -0.484 e. The smallest absolute Gasteiger partial charge is 0.268 e. The molecule has 2 heterocycles. The van der Waals surface area contributed by atoms with Crippen LogP contribution in [-0.2, 0) is 11.3 Å². The van der Waals surface area contributed by atoms with Gasteiger partial charge in [0, 0.05) is 7.05 Å². The Morgan fingerprint density at radius 1 is 1.38 bits per heavy atom. The number of hydrogen-bond acceptors (Lipinski definition) is 5. The number of rotatable bonds is 5. The molecule has 0 fully saturated rings. The van der Waals surface area contributed by atoms with E-state index in [0.717, 1.165) is 5.56 Å². The lowest BCUT2D eigenvalue weighted by Crippen LogP contribution is -2.32. The normalized spacial score (nSPS) is 10.8. The minimum atomic E-state index is -0.190. The molecule has 0 unspecified atom stereocenters. The maximum absolute atomic E-state index is 12.2. The maximum Gasteiger partial charge on any atom is 0.268 e. The number of ether oxygens (including phenoxy) is 1. The molecule has 0 saturated carbocycles. The first-order valence-electron chi connectivity index (χ1n) is 7.43. The van der Waals surface area contributed by atoms with Crippen LogP contribution in [0.2, 0.25) is 0 Å². The zero-order chi connectivity index (χ0) is 17.1. The Bertz CT molecular complexity index is 932. The van der Waals surface area contributed by atoms with E-state index in [0.29, 0.717) is 21.8 Å². The van der Waals surface area contributed by atoms with Crippen molar-refractivity contribution in [2.24, 2.45) is 0 Å². The van der Waals surface area contributed by atoms with E-state index in [-0.39, 0.29) is 24.6 Å². The molecule has 6 nitrogen and oxygen atoms in total. The van der Waals surface area contributed by atoms with Crippen molar-refractivity contribution in [2.75, 3.05) is 13.7 Å². The molecule has 124 valence electrons. The Morgan fingerprint density at radius 3 is 3.00 bits per heavy atom. The first-order chi connectivity index (χ1) is 11.5. The number of aromatic nitrogens is 2. The van der Waals surface area contributed by atoms with Gasteiger partial charge in [-0.2, -0.15) is 0 Å². The molecule has 0 aliphatic heterocycles. The standard InChI is InChI=1S/C17H17N3O3S/c1-11-4-3-5-12(8-11)23-10-15(21)20(2)9-14-18-13-6-7-24-16(13)17(22)19-14/h3-8H,9-10H2,1-2H3,(H,18,19,22). The number of nitrogens with one attached hydrogen (secondary N) is 1. The number of H-pyrrole nitrogens is 1. The van der Waals surface area contributed by atoms with Gasteiger partial charge in [0.25, 0.3) is 11.5 Å². The molecule has 7 heteroatoms. The number of likely N-dealkylation sites (N-methyl/N-ethyl adjacent to an activating group) is 1. The molecular formula is C17H17N3O3S. The lowest BCUT2D eigenvalue weighted by molar-refractivity contribution is -0.132. The topological polar surface area (TPSA) is 75.3 Å². The summed E-state index contributed by atoms with van der Waals surface area (Å²) in [6.45, 7) is 2.12. The molecule has 24 heavy (non-hydrogen) atoms. The minimum absolute atomic E-state index is 0.0646. The van der Waals surface area contributed by atoms with Crippen LogP contribution in [0.25, 0.3) is 10.2 Å². The fourth-order valence-corrected chi connectivity index (χ4v) is 3.00. The largest absolute Gasteiger partial charge is 0.484 e. The highest BCUT2D eigenvalue weighted by molar-refractivity contribution is 7.17. The summed E-state index contributed by atoms with van der Waals surface area (Å²) >= 11 is 1.35. The second kappa shape index (κ2) is 6.84. The van der Waals surface area contributed by atoms with Crippen molar-refractivity contribution in [3.05, 3.63) is 57.5 Å². The van der Waals surface area contributed by atoms with Crippen molar-refractivity contribution >= 4 is 27.5 Å². The number of thiophene rings is 1. The van der Waals surface area contributed by atoms with Crippen LogP contribution in [0.1, 0.15) is 11.4 Å². The Kier molecular flexibility index (Phi) is 4.61. The van der Waals surface area contributed by atoms with E-state index in [1.165, 1.54) is 16.2 Å². The van der Waals surface area contributed by atoms with Gasteiger partial charge in [-0.1, -0.05) is 12.1 Å². The molecule has 2 aromatic heterocycles. The first kappa shape index (κ1) is 16.2. The number of carbonyl (C=O) groups is 1. The molecule has 3 aromatic rings. The van der Waals surface area contributed by atoms with Gasteiger partial charge in [-0.25, -0.2) is 4.98 Å². The van der Waals surface area contributed by atoms with Gasteiger partial charge in [0.05, 0.1) is 12.1 Å². The van der Waals surface area contributed by atoms with Crippen molar-refractivity contribution in [1.29, 1.82) is 0 Å². The number of benzene rings is 1. The number of fused-ring (bicyclic) bond motifs is 1. The molecule has 0 saturated heterocycles. The van der Waals surface area contributed by atoms with Gasteiger partial charge in [-0.15, -0.1) is 11.3 Å². The molecular weight excluding hydrogens is 326 g/mol. The van der Waals surface area contributed by atoms with Gasteiger partial charge in [-0.3, -0.25) is 9.59 Å². The van der Waals surface area contributed by atoms with Crippen molar-refractivity contribution in [3.63, 3.8) is 0 Å². The van der Waals surface area contributed by atoms with Crippen LogP contribution in [-0.4, -0.2) is 34.4 Å². The summed E-state index contributed by atoms with van der Waals surface area (Å²) in [5.74, 6) is 0.921. The highest BCUT2D eigenvalue weighted by atomic mass is 32.1. The van der Waals surface area contributed by atoms with E-state index in [9.17, 15) is 9.59 Å². The second-order valence-electron chi connectivity index (χ2n) is 5.50. The van der Waals surface area contributed by atoms with Crippen LogP contribution in [0, 0.1) is 6.92 Å². The average Bonchev–Trinajstić information content (AvgIpc) is 3.01. The zero-order valence-electron chi connectivity index (χ0n) is 13.4.